The zero-order chi connectivity index (χ0) is 10.2. The molecule has 0 saturated carbocycles. The second-order valence-corrected chi connectivity index (χ2v) is 3.39. The van der Waals surface area contributed by atoms with Crippen LogP contribution in [0.2, 0.25) is 0 Å². The Morgan fingerprint density at radius 2 is 2.07 bits per heavy atom. The van der Waals surface area contributed by atoms with E-state index in [-0.39, 0.29) is 6.10 Å². The number of rotatable bonds is 6. The molecule has 0 aromatic heterocycles. The van der Waals surface area contributed by atoms with Crippen LogP contribution >= 0.6 is 0 Å². The number of aryl methyl sites for hydroxylation is 1. The summed E-state index contributed by atoms with van der Waals surface area (Å²) in [5.74, 6) is 0. The van der Waals surface area contributed by atoms with Crippen molar-refractivity contribution in [2.75, 3.05) is 7.11 Å². The Balaban J connectivity index is 2.25. The van der Waals surface area contributed by atoms with E-state index in [1.54, 1.807) is 7.11 Å². The summed E-state index contributed by atoms with van der Waals surface area (Å²) < 4.78 is 5.22. The van der Waals surface area contributed by atoms with Gasteiger partial charge in [0.1, 0.15) is 0 Å². The molecule has 1 heteroatoms. The number of ether oxygens (including phenoxy) is 1. The molecule has 14 heavy (non-hydrogen) atoms. The van der Waals surface area contributed by atoms with Crippen molar-refractivity contribution in [1.29, 1.82) is 0 Å². The molecule has 0 fully saturated rings. The van der Waals surface area contributed by atoms with Gasteiger partial charge in [-0.3, -0.25) is 0 Å². The van der Waals surface area contributed by atoms with E-state index in [0.29, 0.717) is 0 Å². The molecule has 1 atom stereocenters. The molecular formula is C13H18O. The third-order valence-electron chi connectivity index (χ3n) is 2.36. The lowest BCUT2D eigenvalue weighted by atomic mass is 10.1. The predicted octanol–water partition coefficient (Wildman–Crippen LogP) is 3.21. The van der Waals surface area contributed by atoms with Crippen LogP contribution in [0.4, 0.5) is 0 Å². The maximum absolute atomic E-state index is 5.22. The lowest BCUT2D eigenvalue weighted by molar-refractivity contribution is 0.132. The highest BCUT2D eigenvalue weighted by Gasteiger charge is 2.00. The lowest BCUT2D eigenvalue weighted by Gasteiger charge is -2.09. The highest BCUT2D eigenvalue weighted by atomic mass is 16.5. The largest absolute Gasteiger partial charge is 0.377 e. The van der Waals surface area contributed by atoms with Gasteiger partial charge in [-0.1, -0.05) is 36.4 Å². The minimum atomic E-state index is 0.207. The summed E-state index contributed by atoms with van der Waals surface area (Å²) in [5, 5.41) is 0. The minimum absolute atomic E-state index is 0.207. The number of benzene rings is 1. The molecule has 0 spiro atoms. The highest BCUT2D eigenvalue weighted by molar-refractivity contribution is 5.14. The molecule has 0 amide bonds. The van der Waals surface area contributed by atoms with Crippen molar-refractivity contribution in [1.82, 2.24) is 0 Å². The second kappa shape index (κ2) is 6.39. The molecule has 0 aliphatic rings. The van der Waals surface area contributed by atoms with Crippen molar-refractivity contribution in [2.45, 2.75) is 25.4 Å². The van der Waals surface area contributed by atoms with Crippen molar-refractivity contribution in [2.24, 2.45) is 0 Å². The van der Waals surface area contributed by atoms with Gasteiger partial charge in [0.15, 0.2) is 0 Å². The fourth-order valence-corrected chi connectivity index (χ4v) is 1.48. The maximum Gasteiger partial charge on any atom is 0.0749 e. The smallest absolute Gasteiger partial charge is 0.0749 e. The molecule has 1 aromatic rings. The summed E-state index contributed by atoms with van der Waals surface area (Å²) in [6.45, 7) is 3.73. The SMILES string of the molecule is C=C[C@@H](CCCc1ccccc1)OC. The third kappa shape index (κ3) is 3.75. The van der Waals surface area contributed by atoms with E-state index in [2.05, 4.69) is 30.8 Å². The van der Waals surface area contributed by atoms with Gasteiger partial charge in [-0.05, 0) is 24.8 Å². The van der Waals surface area contributed by atoms with Gasteiger partial charge < -0.3 is 4.74 Å². The van der Waals surface area contributed by atoms with Gasteiger partial charge in [0, 0.05) is 7.11 Å². The van der Waals surface area contributed by atoms with E-state index in [0.717, 1.165) is 19.3 Å². The molecule has 0 N–H and O–H groups in total. The number of hydrogen-bond acceptors (Lipinski definition) is 1. The van der Waals surface area contributed by atoms with E-state index in [4.69, 9.17) is 4.74 Å². The van der Waals surface area contributed by atoms with Gasteiger partial charge in [-0.15, -0.1) is 6.58 Å². The van der Waals surface area contributed by atoms with Crippen LogP contribution in [-0.4, -0.2) is 13.2 Å². The molecule has 0 unspecified atom stereocenters. The Hall–Kier alpha value is -1.08. The first-order valence-electron chi connectivity index (χ1n) is 5.06. The fraction of sp³-hybridized carbons (Fsp3) is 0.385. The first-order chi connectivity index (χ1) is 6.86. The van der Waals surface area contributed by atoms with Gasteiger partial charge in [-0.25, -0.2) is 0 Å². The Kier molecular flexibility index (Phi) is 5.02. The van der Waals surface area contributed by atoms with Gasteiger partial charge in [0.25, 0.3) is 0 Å². The van der Waals surface area contributed by atoms with Crippen molar-refractivity contribution < 1.29 is 4.74 Å². The van der Waals surface area contributed by atoms with Crippen molar-refractivity contribution >= 4 is 0 Å². The second-order valence-electron chi connectivity index (χ2n) is 3.39. The third-order valence-corrected chi connectivity index (χ3v) is 2.36. The molecule has 0 heterocycles. The quantitative estimate of drug-likeness (QED) is 0.626. The topological polar surface area (TPSA) is 9.23 Å². The van der Waals surface area contributed by atoms with Gasteiger partial charge in [0.05, 0.1) is 6.10 Å². The normalized spacial score (nSPS) is 12.4. The van der Waals surface area contributed by atoms with Gasteiger partial charge in [-0.2, -0.15) is 0 Å². The average molecular weight is 190 g/mol. The molecule has 1 nitrogen and oxygen atoms in total. The predicted molar refractivity (Wildman–Crippen MR) is 60.4 cm³/mol. The van der Waals surface area contributed by atoms with Gasteiger partial charge >= 0.3 is 0 Å². The molecule has 0 bridgehead atoms. The van der Waals surface area contributed by atoms with Crippen LogP contribution in [0.1, 0.15) is 18.4 Å². The lowest BCUT2D eigenvalue weighted by Crippen LogP contribution is -2.06. The van der Waals surface area contributed by atoms with Crippen LogP contribution < -0.4 is 0 Å². The van der Waals surface area contributed by atoms with E-state index >= 15 is 0 Å². The number of methoxy groups -OCH3 is 1. The zero-order valence-electron chi connectivity index (χ0n) is 8.78. The van der Waals surface area contributed by atoms with Crippen LogP contribution in [-0.2, 0) is 11.2 Å². The van der Waals surface area contributed by atoms with E-state index in [1.807, 2.05) is 12.1 Å². The first kappa shape index (κ1) is 11.0. The fourth-order valence-electron chi connectivity index (χ4n) is 1.48. The van der Waals surface area contributed by atoms with Gasteiger partial charge in [0.2, 0.25) is 0 Å². The molecule has 0 saturated heterocycles. The monoisotopic (exact) mass is 190 g/mol. The van der Waals surface area contributed by atoms with Crippen molar-refractivity contribution in [3.05, 3.63) is 48.6 Å². The summed E-state index contributed by atoms with van der Waals surface area (Å²) in [6, 6.07) is 10.5. The van der Waals surface area contributed by atoms with Crippen molar-refractivity contribution in [3.8, 4) is 0 Å². The minimum Gasteiger partial charge on any atom is -0.377 e. The van der Waals surface area contributed by atoms with E-state index in [9.17, 15) is 0 Å². The van der Waals surface area contributed by atoms with E-state index < -0.39 is 0 Å². The molecule has 0 aliphatic heterocycles. The van der Waals surface area contributed by atoms with Crippen LogP contribution in [0.5, 0.6) is 0 Å². The summed E-state index contributed by atoms with van der Waals surface area (Å²) in [6.07, 6.45) is 5.39. The Bertz CT molecular complexity index is 253. The molecule has 1 rings (SSSR count). The summed E-state index contributed by atoms with van der Waals surface area (Å²) >= 11 is 0. The molecule has 76 valence electrons. The number of hydrogen-bond donors (Lipinski definition) is 0. The molecular weight excluding hydrogens is 172 g/mol. The summed E-state index contributed by atoms with van der Waals surface area (Å²) in [4.78, 5) is 0. The summed E-state index contributed by atoms with van der Waals surface area (Å²) in [7, 11) is 1.73. The highest BCUT2D eigenvalue weighted by Crippen LogP contribution is 2.08. The molecule has 1 aromatic carbocycles. The van der Waals surface area contributed by atoms with Crippen molar-refractivity contribution in [3.63, 3.8) is 0 Å². The zero-order valence-corrected chi connectivity index (χ0v) is 8.78. The Morgan fingerprint density at radius 3 is 2.64 bits per heavy atom. The summed E-state index contributed by atoms with van der Waals surface area (Å²) in [5.41, 5.74) is 1.39. The van der Waals surface area contributed by atoms with Crippen LogP contribution in [0.15, 0.2) is 43.0 Å². The van der Waals surface area contributed by atoms with Crippen LogP contribution in [0.25, 0.3) is 0 Å². The molecule has 0 aliphatic carbocycles. The average Bonchev–Trinajstić information content (AvgIpc) is 2.26. The Labute approximate surface area is 86.4 Å². The first-order valence-corrected chi connectivity index (χ1v) is 5.06. The maximum atomic E-state index is 5.22. The van der Waals surface area contributed by atoms with Crippen LogP contribution in [0.3, 0.4) is 0 Å². The van der Waals surface area contributed by atoms with Crippen LogP contribution in [0, 0.1) is 0 Å². The molecule has 0 radical (unpaired) electrons. The van der Waals surface area contributed by atoms with E-state index in [1.165, 1.54) is 5.56 Å². The standard InChI is InChI=1S/C13H18O/c1-3-13(14-2)11-7-10-12-8-5-4-6-9-12/h3-6,8-9,13H,1,7,10-11H2,2H3/t13-/m0/s1. The Morgan fingerprint density at radius 1 is 1.36 bits per heavy atom.